The fourth-order valence-corrected chi connectivity index (χ4v) is 2.05. The maximum atomic E-state index is 13.1. The molecule has 0 fully saturated rings. The van der Waals surface area contributed by atoms with E-state index < -0.39 is 0 Å². The molecule has 0 bridgehead atoms. The molecule has 3 nitrogen and oxygen atoms in total. The van der Waals surface area contributed by atoms with Crippen molar-refractivity contribution in [1.29, 1.82) is 0 Å². The molecule has 0 spiro atoms. The molecule has 0 saturated heterocycles. The SMILES string of the molecule is Nc1cc(F)ccc1-c1ccnn1-c1ccccc1. The minimum atomic E-state index is -0.341. The van der Waals surface area contributed by atoms with Crippen molar-refractivity contribution in [2.24, 2.45) is 0 Å². The van der Waals surface area contributed by atoms with Crippen molar-refractivity contribution >= 4 is 5.69 Å². The highest BCUT2D eigenvalue weighted by Gasteiger charge is 2.10. The van der Waals surface area contributed by atoms with Crippen LogP contribution < -0.4 is 5.73 Å². The van der Waals surface area contributed by atoms with E-state index in [2.05, 4.69) is 5.10 Å². The second-order valence-electron chi connectivity index (χ2n) is 4.20. The van der Waals surface area contributed by atoms with Crippen LogP contribution in [-0.4, -0.2) is 9.78 Å². The first-order valence-electron chi connectivity index (χ1n) is 5.90. The molecule has 0 amide bonds. The molecule has 3 aromatic rings. The van der Waals surface area contributed by atoms with Gasteiger partial charge in [0.2, 0.25) is 0 Å². The number of anilines is 1. The lowest BCUT2D eigenvalue weighted by molar-refractivity contribution is 0.628. The second-order valence-corrected chi connectivity index (χ2v) is 4.20. The van der Waals surface area contributed by atoms with Crippen LogP contribution in [0.25, 0.3) is 16.9 Å². The molecule has 3 rings (SSSR count). The van der Waals surface area contributed by atoms with E-state index in [1.165, 1.54) is 12.1 Å². The molecule has 1 heterocycles. The lowest BCUT2D eigenvalue weighted by Gasteiger charge is -2.09. The molecule has 19 heavy (non-hydrogen) atoms. The quantitative estimate of drug-likeness (QED) is 0.712. The fourth-order valence-electron chi connectivity index (χ4n) is 2.05. The van der Waals surface area contributed by atoms with E-state index in [0.717, 1.165) is 16.9 Å². The summed E-state index contributed by atoms with van der Waals surface area (Å²) in [7, 11) is 0. The molecule has 2 aromatic carbocycles. The summed E-state index contributed by atoms with van der Waals surface area (Å²) in [4.78, 5) is 0. The van der Waals surface area contributed by atoms with Gasteiger partial charge < -0.3 is 5.73 Å². The van der Waals surface area contributed by atoms with E-state index in [1.54, 1.807) is 16.9 Å². The van der Waals surface area contributed by atoms with Gasteiger partial charge in [-0.1, -0.05) is 18.2 Å². The van der Waals surface area contributed by atoms with Crippen LogP contribution in [0.3, 0.4) is 0 Å². The molecule has 94 valence electrons. The largest absolute Gasteiger partial charge is 0.398 e. The number of hydrogen-bond donors (Lipinski definition) is 1. The third kappa shape index (κ3) is 2.08. The smallest absolute Gasteiger partial charge is 0.125 e. The molecule has 0 aliphatic heterocycles. The molecule has 0 unspecified atom stereocenters. The monoisotopic (exact) mass is 253 g/mol. The molecule has 0 radical (unpaired) electrons. The van der Waals surface area contributed by atoms with Crippen molar-refractivity contribution in [2.45, 2.75) is 0 Å². The first-order valence-corrected chi connectivity index (χ1v) is 5.90. The molecule has 0 atom stereocenters. The lowest BCUT2D eigenvalue weighted by atomic mass is 10.1. The van der Waals surface area contributed by atoms with Crippen LogP contribution in [0.2, 0.25) is 0 Å². The highest BCUT2D eigenvalue weighted by molar-refractivity contribution is 5.74. The molecular formula is C15H12FN3. The maximum absolute atomic E-state index is 13.1. The minimum Gasteiger partial charge on any atom is -0.398 e. The Morgan fingerprint density at radius 1 is 1.00 bits per heavy atom. The molecular weight excluding hydrogens is 241 g/mol. The fraction of sp³-hybridized carbons (Fsp3) is 0. The van der Waals surface area contributed by atoms with Gasteiger partial charge in [0.25, 0.3) is 0 Å². The van der Waals surface area contributed by atoms with E-state index in [9.17, 15) is 4.39 Å². The zero-order valence-electron chi connectivity index (χ0n) is 10.1. The number of nitrogens with two attached hydrogens (primary N) is 1. The van der Waals surface area contributed by atoms with Crippen molar-refractivity contribution in [2.75, 3.05) is 5.73 Å². The zero-order valence-corrected chi connectivity index (χ0v) is 10.1. The number of hydrogen-bond acceptors (Lipinski definition) is 2. The molecule has 0 aliphatic rings. The average molecular weight is 253 g/mol. The summed E-state index contributed by atoms with van der Waals surface area (Å²) in [5, 5.41) is 4.29. The van der Waals surface area contributed by atoms with E-state index in [-0.39, 0.29) is 5.82 Å². The van der Waals surface area contributed by atoms with Crippen LogP contribution in [0, 0.1) is 5.82 Å². The summed E-state index contributed by atoms with van der Waals surface area (Å²) in [5.74, 6) is -0.341. The van der Waals surface area contributed by atoms with Crippen LogP contribution in [-0.2, 0) is 0 Å². The summed E-state index contributed by atoms with van der Waals surface area (Å²) in [5.41, 5.74) is 8.82. The van der Waals surface area contributed by atoms with Crippen molar-refractivity contribution in [3.05, 3.63) is 66.6 Å². The first-order chi connectivity index (χ1) is 9.25. The van der Waals surface area contributed by atoms with Gasteiger partial charge >= 0.3 is 0 Å². The first kappa shape index (κ1) is 11.5. The molecule has 4 heteroatoms. The topological polar surface area (TPSA) is 43.8 Å². The van der Waals surface area contributed by atoms with Crippen molar-refractivity contribution in [3.63, 3.8) is 0 Å². The second kappa shape index (κ2) is 4.57. The van der Waals surface area contributed by atoms with Crippen LogP contribution in [0.4, 0.5) is 10.1 Å². The highest BCUT2D eigenvalue weighted by atomic mass is 19.1. The number of halogens is 1. The maximum Gasteiger partial charge on any atom is 0.125 e. The Labute approximate surface area is 110 Å². The number of rotatable bonds is 2. The number of para-hydroxylation sites is 1. The van der Waals surface area contributed by atoms with Gasteiger partial charge in [0.05, 0.1) is 17.6 Å². The van der Waals surface area contributed by atoms with E-state index in [0.29, 0.717) is 5.69 Å². The van der Waals surface area contributed by atoms with Gasteiger partial charge in [-0.05, 0) is 36.4 Å². The number of nitrogen functional groups attached to an aromatic ring is 1. The summed E-state index contributed by atoms with van der Waals surface area (Å²) in [6, 6.07) is 16.0. The molecule has 1 aromatic heterocycles. The predicted molar refractivity (Wildman–Crippen MR) is 73.4 cm³/mol. The van der Waals surface area contributed by atoms with E-state index in [4.69, 9.17) is 5.73 Å². The van der Waals surface area contributed by atoms with Gasteiger partial charge in [-0.25, -0.2) is 9.07 Å². The van der Waals surface area contributed by atoms with E-state index >= 15 is 0 Å². The molecule has 0 saturated carbocycles. The van der Waals surface area contributed by atoms with Crippen LogP contribution in [0.5, 0.6) is 0 Å². The summed E-state index contributed by atoms with van der Waals surface area (Å²) >= 11 is 0. The number of nitrogens with zero attached hydrogens (tertiary/aromatic N) is 2. The van der Waals surface area contributed by atoms with Crippen molar-refractivity contribution in [1.82, 2.24) is 9.78 Å². The Morgan fingerprint density at radius 2 is 1.79 bits per heavy atom. The molecule has 0 aliphatic carbocycles. The Balaban J connectivity index is 2.15. The van der Waals surface area contributed by atoms with Gasteiger partial charge in [-0.2, -0.15) is 5.10 Å². The Bertz CT molecular complexity index is 704. The standard InChI is InChI=1S/C15H12FN3/c16-11-6-7-13(14(17)10-11)15-8-9-18-19(15)12-4-2-1-3-5-12/h1-10H,17H2. The van der Waals surface area contributed by atoms with Gasteiger partial charge in [-0.15, -0.1) is 0 Å². The average Bonchev–Trinajstić information content (AvgIpc) is 2.89. The minimum absolute atomic E-state index is 0.341. The normalized spacial score (nSPS) is 10.6. The van der Waals surface area contributed by atoms with Crippen molar-refractivity contribution < 1.29 is 4.39 Å². The van der Waals surface area contributed by atoms with E-state index in [1.807, 2.05) is 36.4 Å². The zero-order chi connectivity index (χ0) is 13.2. The summed E-state index contributed by atoms with van der Waals surface area (Å²) in [6.07, 6.45) is 1.70. The third-order valence-electron chi connectivity index (χ3n) is 2.93. The van der Waals surface area contributed by atoms with Gasteiger partial charge in [0.15, 0.2) is 0 Å². The van der Waals surface area contributed by atoms with Crippen molar-refractivity contribution in [3.8, 4) is 16.9 Å². The number of benzene rings is 2. The van der Waals surface area contributed by atoms with Gasteiger partial charge in [0.1, 0.15) is 5.82 Å². The van der Waals surface area contributed by atoms with Crippen LogP contribution in [0.15, 0.2) is 60.8 Å². The third-order valence-corrected chi connectivity index (χ3v) is 2.93. The highest BCUT2D eigenvalue weighted by Crippen LogP contribution is 2.28. The summed E-state index contributed by atoms with van der Waals surface area (Å²) in [6.45, 7) is 0. The predicted octanol–water partition coefficient (Wildman–Crippen LogP) is 3.26. The van der Waals surface area contributed by atoms with Crippen LogP contribution >= 0.6 is 0 Å². The van der Waals surface area contributed by atoms with Crippen LogP contribution in [0.1, 0.15) is 0 Å². The Kier molecular flexibility index (Phi) is 2.76. The van der Waals surface area contributed by atoms with Gasteiger partial charge in [0, 0.05) is 11.3 Å². The molecule has 2 N–H and O–H groups in total. The Morgan fingerprint density at radius 3 is 2.53 bits per heavy atom. The summed E-state index contributed by atoms with van der Waals surface area (Å²) < 4.78 is 14.9. The Hall–Kier alpha value is -2.62. The van der Waals surface area contributed by atoms with Gasteiger partial charge in [-0.3, -0.25) is 0 Å². The lowest BCUT2D eigenvalue weighted by Crippen LogP contribution is -2.00. The number of aromatic nitrogens is 2.